The van der Waals surface area contributed by atoms with Gasteiger partial charge in [0.2, 0.25) is 0 Å². The molecule has 0 unspecified atom stereocenters. The quantitative estimate of drug-likeness (QED) is 0.113. The smallest absolute Gasteiger partial charge is 0.160 e. The molecule has 0 spiro atoms. The number of hydrogen-bond acceptors (Lipinski definition) is 6. The summed E-state index contributed by atoms with van der Waals surface area (Å²) in [6, 6.07) is 119. The van der Waals surface area contributed by atoms with Crippen LogP contribution >= 0.6 is 0 Å². The molecule has 13 aromatic carbocycles. The fourth-order valence-corrected chi connectivity index (χ4v) is 12.8. The molecule has 0 saturated heterocycles. The van der Waals surface area contributed by atoms with Gasteiger partial charge in [-0.25, -0.2) is 19.9 Å². The van der Waals surface area contributed by atoms with Crippen molar-refractivity contribution in [2.45, 2.75) is 0 Å². The Morgan fingerprint density at radius 3 is 1.03 bits per heavy atom. The molecule has 0 radical (unpaired) electrons. The SMILES string of the molecule is c1ccc(-c2ccc(-c3nc(-c4ccc(-c5cccnc5)cc4)cc(-c4ccc(-c5cccc6ccccc56)cc4)n3)cc2)cc1.c1ccc(-c2cccc(-c3nc(-c4ccc(-c5cccnc5)cc4)cc(-c4ccc(-c5cc6ccccc6c6ccccc56)cc4)n3)c2)cc1. The Balaban J connectivity index is 0.000000152. The third-order valence-electron chi connectivity index (χ3n) is 17.8. The summed E-state index contributed by atoms with van der Waals surface area (Å²) in [6.45, 7) is 0. The predicted octanol–water partition coefficient (Wildman–Crippen LogP) is 23.2. The van der Waals surface area contributed by atoms with Gasteiger partial charge >= 0.3 is 0 Å². The highest BCUT2D eigenvalue weighted by Crippen LogP contribution is 2.39. The second-order valence-electron chi connectivity index (χ2n) is 23.8. The zero-order valence-corrected chi connectivity index (χ0v) is 52.3. The largest absolute Gasteiger partial charge is 0.264 e. The van der Waals surface area contributed by atoms with Crippen molar-refractivity contribution in [3.63, 3.8) is 0 Å². The van der Waals surface area contributed by atoms with E-state index in [-0.39, 0.29) is 0 Å². The van der Waals surface area contributed by atoms with E-state index in [1.54, 1.807) is 12.4 Å². The molecule has 0 atom stereocenters. The summed E-state index contributed by atoms with van der Waals surface area (Å²) in [5, 5.41) is 7.51. The fourth-order valence-electron chi connectivity index (χ4n) is 12.8. The molecule has 6 heteroatoms. The van der Waals surface area contributed by atoms with Crippen LogP contribution in [0.25, 0.3) is 167 Å². The van der Waals surface area contributed by atoms with E-state index < -0.39 is 0 Å². The van der Waals surface area contributed by atoms with E-state index in [9.17, 15) is 0 Å². The summed E-state index contributed by atoms with van der Waals surface area (Å²) >= 11 is 0. The van der Waals surface area contributed by atoms with Crippen LogP contribution in [0, 0.1) is 0 Å². The molecule has 0 saturated carbocycles. The average Bonchev–Trinajstić information content (AvgIpc) is 0.797. The van der Waals surface area contributed by atoms with Gasteiger partial charge in [-0.05, 0) is 135 Å². The van der Waals surface area contributed by atoms with Gasteiger partial charge < -0.3 is 0 Å². The standard InChI is InChI=1S/C47H31N3.C43H29N3/c1-2-10-32(11-3-1)37-13-8-14-39(28-37)47-49-45(35-23-19-33(20-24-35)40-15-9-27-48-31-40)30-46(50-47)36-25-21-34(22-26-36)44-29-38-12-4-5-16-41(38)42-17-6-7-18-43(42)44;1-2-8-30(9-3-1)31-17-25-37(26-18-31)43-45-41(35-21-15-32(16-22-35)38-12-7-27-44-29-38)28-42(46-43)36-23-19-34(20-24-36)40-14-6-11-33-10-4-5-13-39(33)40/h1-31H;1-29H. The maximum Gasteiger partial charge on any atom is 0.160 e. The third kappa shape index (κ3) is 12.2. The summed E-state index contributed by atoms with van der Waals surface area (Å²) in [4.78, 5) is 29.1. The van der Waals surface area contributed by atoms with Crippen LogP contribution in [0.15, 0.2) is 365 Å². The van der Waals surface area contributed by atoms with E-state index in [0.717, 1.165) is 95.1 Å². The highest BCUT2D eigenvalue weighted by Gasteiger charge is 2.17. The summed E-state index contributed by atoms with van der Waals surface area (Å²) < 4.78 is 0. The van der Waals surface area contributed by atoms with Crippen molar-refractivity contribution in [2.24, 2.45) is 0 Å². The van der Waals surface area contributed by atoms with Crippen LogP contribution in [0.2, 0.25) is 0 Å². The lowest BCUT2D eigenvalue weighted by Gasteiger charge is -2.13. The van der Waals surface area contributed by atoms with E-state index >= 15 is 0 Å². The molecule has 0 aliphatic rings. The van der Waals surface area contributed by atoms with Crippen molar-refractivity contribution in [1.82, 2.24) is 29.9 Å². The van der Waals surface area contributed by atoms with Crippen molar-refractivity contribution in [3.8, 4) is 135 Å². The zero-order valence-electron chi connectivity index (χ0n) is 52.3. The van der Waals surface area contributed by atoms with Gasteiger partial charge in [-0.2, -0.15) is 0 Å². The van der Waals surface area contributed by atoms with Gasteiger partial charge in [-0.3, -0.25) is 9.97 Å². The highest BCUT2D eigenvalue weighted by atomic mass is 14.9. The molecule has 17 rings (SSSR count). The highest BCUT2D eigenvalue weighted by molar-refractivity contribution is 6.14. The third-order valence-corrected chi connectivity index (χ3v) is 17.8. The first kappa shape index (κ1) is 58.2. The number of benzene rings is 13. The Morgan fingerprint density at radius 2 is 0.510 bits per heavy atom. The molecule has 96 heavy (non-hydrogen) atoms. The topological polar surface area (TPSA) is 77.3 Å². The second kappa shape index (κ2) is 26.4. The summed E-state index contributed by atoms with van der Waals surface area (Å²) in [7, 11) is 0. The van der Waals surface area contributed by atoms with Gasteiger partial charge in [0.15, 0.2) is 11.6 Å². The molecular weight excluding hydrogens is 1170 g/mol. The molecule has 17 aromatic rings. The Kier molecular flexibility index (Phi) is 16.0. The molecule has 0 aliphatic heterocycles. The van der Waals surface area contributed by atoms with Gasteiger partial charge in [0.1, 0.15) is 0 Å². The lowest BCUT2D eigenvalue weighted by atomic mass is 9.92. The summed E-state index contributed by atoms with van der Waals surface area (Å²) in [5.41, 5.74) is 23.4. The average molecular weight is 1230 g/mol. The van der Waals surface area contributed by atoms with Crippen LogP contribution in [0.5, 0.6) is 0 Å². The Bertz CT molecular complexity index is 5470. The summed E-state index contributed by atoms with van der Waals surface area (Å²) in [5.74, 6) is 1.39. The molecule has 4 heterocycles. The van der Waals surface area contributed by atoms with Crippen molar-refractivity contribution in [1.29, 1.82) is 0 Å². The number of nitrogens with zero attached hydrogens (tertiary/aromatic N) is 6. The number of hydrogen-bond donors (Lipinski definition) is 0. The van der Waals surface area contributed by atoms with Gasteiger partial charge in [0.25, 0.3) is 0 Å². The molecule has 0 fully saturated rings. The number of aromatic nitrogens is 6. The Morgan fingerprint density at radius 1 is 0.167 bits per heavy atom. The van der Waals surface area contributed by atoms with E-state index in [1.807, 2.05) is 36.7 Å². The first-order valence-electron chi connectivity index (χ1n) is 32.3. The fraction of sp³-hybridized carbons (Fsp3) is 0. The van der Waals surface area contributed by atoms with Crippen molar-refractivity contribution < 1.29 is 0 Å². The van der Waals surface area contributed by atoms with Crippen LogP contribution in [0.4, 0.5) is 0 Å². The maximum absolute atomic E-state index is 5.17. The Hall–Kier alpha value is -12.9. The Labute approximate surface area is 558 Å². The molecule has 4 aromatic heterocycles. The van der Waals surface area contributed by atoms with Crippen LogP contribution in [0.1, 0.15) is 0 Å². The molecule has 0 aliphatic carbocycles. The number of fused-ring (bicyclic) bond motifs is 4. The van der Waals surface area contributed by atoms with Gasteiger partial charge in [-0.1, -0.05) is 303 Å². The molecular formula is C90H60N6. The van der Waals surface area contributed by atoms with Crippen molar-refractivity contribution in [2.75, 3.05) is 0 Å². The van der Waals surface area contributed by atoms with Crippen LogP contribution < -0.4 is 0 Å². The van der Waals surface area contributed by atoms with Gasteiger partial charge in [0, 0.05) is 58.2 Å². The molecule has 0 amide bonds. The normalized spacial score (nSPS) is 11.1. The van der Waals surface area contributed by atoms with Crippen LogP contribution in [0.3, 0.4) is 0 Å². The monoisotopic (exact) mass is 1220 g/mol. The first-order valence-corrected chi connectivity index (χ1v) is 32.3. The predicted molar refractivity (Wildman–Crippen MR) is 397 cm³/mol. The minimum Gasteiger partial charge on any atom is -0.264 e. The second-order valence-corrected chi connectivity index (χ2v) is 23.8. The zero-order chi connectivity index (χ0) is 64.0. The molecule has 6 nitrogen and oxygen atoms in total. The lowest BCUT2D eigenvalue weighted by Crippen LogP contribution is -1.96. The number of pyridine rings is 2. The van der Waals surface area contributed by atoms with Gasteiger partial charge in [0.05, 0.1) is 22.8 Å². The molecule has 0 bridgehead atoms. The maximum atomic E-state index is 5.17. The van der Waals surface area contributed by atoms with Crippen LogP contribution in [-0.2, 0) is 0 Å². The minimum atomic E-state index is 0.691. The van der Waals surface area contributed by atoms with Gasteiger partial charge in [-0.15, -0.1) is 0 Å². The van der Waals surface area contributed by atoms with Crippen molar-refractivity contribution >= 4 is 32.3 Å². The van der Waals surface area contributed by atoms with E-state index in [1.165, 1.54) is 60.1 Å². The van der Waals surface area contributed by atoms with E-state index in [4.69, 9.17) is 19.9 Å². The summed E-state index contributed by atoms with van der Waals surface area (Å²) in [6.07, 6.45) is 7.37. The first-order chi connectivity index (χ1) is 47.5. The van der Waals surface area contributed by atoms with E-state index in [2.05, 4.69) is 325 Å². The minimum absolute atomic E-state index is 0.691. The van der Waals surface area contributed by atoms with E-state index in [0.29, 0.717) is 11.6 Å². The van der Waals surface area contributed by atoms with Crippen LogP contribution in [-0.4, -0.2) is 29.9 Å². The van der Waals surface area contributed by atoms with Crippen molar-refractivity contribution in [3.05, 3.63) is 365 Å². The lowest BCUT2D eigenvalue weighted by molar-refractivity contribution is 1.18. The number of rotatable bonds is 12. The molecule has 0 N–H and O–H groups in total. The molecule has 450 valence electrons.